The van der Waals surface area contributed by atoms with E-state index in [4.69, 9.17) is 4.74 Å². The maximum Gasteiger partial charge on any atom is 0.244 e. The molecule has 2 aromatic rings. The van der Waals surface area contributed by atoms with E-state index in [0.29, 0.717) is 31.7 Å². The fourth-order valence-electron chi connectivity index (χ4n) is 5.11. The minimum Gasteiger partial charge on any atom is -0.490 e. The van der Waals surface area contributed by atoms with Gasteiger partial charge in [0.2, 0.25) is 20.0 Å². The number of hydrogen-bond donors (Lipinski definition) is 0. The molecule has 0 spiro atoms. The second-order valence-electron chi connectivity index (χ2n) is 8.52. The number of hydrogen-bond acceptors (Lipinski definition) is 5. The monoisotopic (exact) mass is 462 g/mol. The summed E-state index contributed by atoms with van der Waals surface area (Å²) >= 11 is 0. The van der Waals surface area contributed by atoms with Crippen molar-refractivity contribution < 1.29 is 21.6 Å². The van der Waals surface area contributed by atoms with Gasteiger partial charge in [0, 0.05) is 13.1 Å². The van der Waals surface area contributed by atoms with Gasteiger partial charge in [-0.25, -0.2) is 21.1 Å². The SMILES string of the molecule is CS(=O)(=O)N1CCC(Oc2ccc(S(=O)(=O)N3C4CCC3c3ccccc34)cc2)CC1. The quantitative estimate of drug-likeness (QED) is 0.682. The molecule has 7 nitrogen and oxygen atoms in total. The number of ether oxygens (including phenoxy) is 1. The number of nitrogens with zero attached hydrogens (tertiary/aromatic N) is 2. The van der Waals surface area contributed by atoms with E-state index >= 15 is 0 Å². The summed E-state index contributed by atoms with van der Waals surface area (Å²) < 4.78 is 59.2. The zero-order valence-electron chi connectivity index (χ0n) is 17.3. The Morgan fingerprint density at radius 3 is 1.87 bits per heavy atom. The molecule has 0 radical (unpaired) electrons. The van der Waals surface area contributed by atoms with Crippen molar-refractivity contribution in [3.05, 3.63) is 59.7 Å². The van der Waals surface area contributed by atoms with Gasteiger partial charge in [-0.1, -0.05) is 24.3 Å². The molecule has 0 aromatic heterocycles. The first-order valence-electron chi connectivity index (χ1n) is 10.6. The second-order valence-corrected chi connectivity index (χ2v) is 12.3. The van der Waals surface area contributed by atoms with Crippen molar-refractivity contribution in [1.82, 2.24) is 8.61 Å². The molecule has 2 saturated heterocycles. The molecule has 2 bridgehead atoms. The first kappa shape index (κ1) is 20.9. The third-order valence-electron chi connectivity index (χ3n) is 6.61. The molecule has 3 aliphatic rings. The van der Waals surface area contributed by atoms with Crippen molar-refractivity contribution in [1.29, 1.82) is 0 Å². The zero-order chi connectivity index (χ0) is 21.8. The fourth-order valence-corrected chi connectivity index (χ4v) is 7.82. The minimum atomic E-state index is -3.61. The van der Waals surface area contributed by atoms with Crippen LogP contribution in [0.15, 0.2) is 53.4 Å². The molecule has 3 heterocycles. The summed E-state index contributed by atoms with van der Waals surface area (Å²) in [5, 5.41) is 0. The summed E-state index contributed by atoms with van der Waals surface area (Å²) in [6.07, 6.45) is 4.08. The maximum atomic E-state index is 13.4. The highest BCUT2D eigenvalue weighted by molar-refractivity contribution is 7.89. The van der Waals surface area contributed by atoms with Crippen LogP contribution in [-0.4, -0.2) is 50.9 Å². The van der Waals surface area contributed by atoms with Crippen LogP contribution >= 0.6 is 0 Å². The lowest BCUT2D eigenvalue weighted by Gasteiger charge is -2.30. The topological polar surface area (TPSA) is 84.0 Å². The Morgan fingerprint density at radius 1 is 0.806 bits per heavy atom. The molecule has 5 rings (SSSR count). The molecule has 9 heteroatoms. The highest BCUT2D eigenvalue weighted by Crippen LogP contribution is 2.55. The van der Waals surface area contributed by atoms with Crippen LogP contribution in [0.3, 0.4) is 0 Å². The maximum absolute atomic E-state index is 13.4. The smallest absolute Gasteiger partial charge is 0.244 e. The first-order chi connectivity index (χ1) is 14.7. The van der Waals surface area contributed by atoms with Gasteiger partial charge in [0.25, 0.3) is 0 Å². The molecule has 2 unspecified atom stereocenters. The summed E-state index contributed by atoms with van der Waals surface area (Å²) in [6, 6.07) is 14.5. The second kappa shape index (κ2) is 7.58. The number of piperidine rings is 1. The average Bonchev–Trinajstić information content (AvgIpc) is 3.33. The lowest BCUT2D eigenvalue weighted by molar-refractivity contribution is 0.135. The lowest BCUT2D eigenvalue weighted by Crippen LogP contribution is -2.41. The largest absolute Gasteiger partial charge is 0.490 e. The number of rotatable bonds is 5. The Bertz CT molecular complexity index is 1160. The van der Waals surface area contributed by atoms with Gasteiger partial charge in [0.15, 0.2) is 0 Å². The van der Waals surface area contributed by atoms with Crippen LogP contribution in [0, 0.1) is 0 Å². The van der Waals surface area contributed by atoms with Gasteiger partial charge in [0.1, 0.15) is 11.9 Å². The standard InChI is InChI=1S/C22H26N2O5S2/c1-30(25,26)23-14-12-17(13-15-23)29-16-6-8-18(9-7-16)31(27,28)24-21-10-11-22(24)20-5-3-2-4-19(20)21/h2-9,17,21-22H,10-15H2,1H3. The Labute approximate surface area is 183 Å². The molecule has 2 aromatic carbocycles. The molecular weight excluding hydrogens is 436 g/mol. The summed E-state index contributed by atoms with van der Waals surface area (Å²) in [7, 11) is -6.78. The van der Waals surface area contributed by atoms with Crippen molar-refractivity contribution in [2.75, 3.05) is 19.3 Å². The van der Waals surface area contributed by atoms with Crippen LogP contribution in [0.25, 0.3) is 0 Å². The normalized spacial score (nSPS) is 24.9. The van der Waals surface area contributed by atoms with Crippen molar-refractivity contribution in [3.8, 4) is 5.75 Å². The molecule has 0 N–H and O–H groups in total. The van der Waals surface area contributed by atoms with Crippen LogP contribution in [0.4, 0.5) is 0 Å². The minimum absolute atomic E-state index is 0.0793. The van der Waals surface area contributed by atoms with Crippen LogP contribution in [0.1, 0.15) is 48.9 Å². The van der Waals surface area contributed by atoms with Gasteiger partial charge in [-0.3, -0.25) is 0 Å². The molecule has 0 saturated carbocycles. The van der Waals surface area contributed by atoms with Gasteiger partial charge in [-0.05, 0) is 61.1 Å². The van der Waals surface area contributed by atoms with Crippen molar-refractivity contribution in [2.24, 2.45) is 0 Å². The van der Waals surface area contributed by atoms with Crippen LogP contribution in [0.2, 0.25) is 0 Å². The van der Waals surface area contributed by atoms with Gasteiger partial charge >= 0.3 is 0 Å². The van der Waals surface area contributed by atoms with E-state index in [1.54, 1.807) is 28.6 Å². The van der Waals surface area contributed by atoms with Crippen molar-refractivity contribution in [2.45, 2.75) is 48.8 Å². The number of benzene rings is 2. The van der Waals surface area contributed by atoms with Crippen LogP contribution < -0.4 is 4.74 Å². The molecule has 2 fully saturated rings. The van der Waals surface area contributed by atoms with Crippen molar-refractivity contribution in [3.63, 3.8) is 0 Å². The van der Waals surface area contributed by atoms with E-state index in [1.165, 1.54) is 10.6 Å². The number of fused-ring (bicyclic) bond motifs is 5. The fraction of sp³-hybridized carbons (Fsp3) is 0.455. The number of sulfonamides is 2. The highest BCUT2D eigenvalue weighted by Gasteiger charge is 2.49. The van der Waals surface area contributed by atoms with E-state index in [-0.39, 0.29) is 23.1 Å². The molecule has 3 aliphatic heterocycles. The summed E-state index contributed by atoms with van der Waals surface area (Å²) in [4.78, 5) is 0.274. The predicted molar refractivity (Wildman–Crippen MR) is 117 cm³/mol. The third-order valence-corrected chi connectivity index (χ3v) is 9.85. The molecular formula is C22H26N2O5S2. The first-order valence-corrected chi connectivity index (χ1v) is 13.9. The highest BCUT2D eigenvalue weighted by atomic mass is 32.2. The van der Waals surface area contributed by atoms with Crippen LogP contribution in [-0.2, 0) is 20.0 Å². The summed E-state index contributed by atoms with van der Waals surface area (Å²) in [5.74, 6) is 0.601. The summed E-state index contributed by atoms with van der Waals surface area (Å²) in [6.45, 7) is 0.877. The molecule has 2 atom stereocenters. The van der Waals surface area contributed by atoms with E-state index in [2.05, 4.69) is 0 Å². The van der Waals surface area contributed by atoms with E-state index < -0.39 is 20.0 Å². The molecule has 31 heavy (non-hydrogen) atoms. The van der Waals surface area contributed by atoms with E-state index in [9.17, 15) is 16.8 Å². The Hall–Kier alpha value is -1.94. The Morgan fingerprint density at radius 2 is 1.35 bits per heavy atom. The van der Waals surface area contributed by atoms with E-state index in [0.717, 1.165) is 24.0 Å². The summed E-state index contributed by atoms with van der Waals surface area (Å²) in [5.41, 5.74) is 2.26. The average molecular weight is 463 g/mol. The Balaban J connectivity index is 1.29. The Kier molecular flexibility index (Phi) is 5.12. The predicted octanol–water partition coefficient (Wildman–Crippen LogP) is 3.07. The molecule has 0 aliphatic carbocycles. The lowest BCUT2D eigenvalue weighted by atomic mass is 9.92. The zero-order valence-corrected chi connectivity index (χ0v) is 19.0. The van der Waals surface area contributed by atoms with E-state index in [1.807, 2.05) is 24.3 Å². The van der Waals surface area contributed by atoms with Gasteiger partial charge in [-0.2, -0.15) is 4.31 Å². The molecule has 166 valence electrons. The van der Waals surface area contributed by atoms with Gasteiger partial charge < -0.3 is 4.74 Å². The van der Waals surface area contributed by atoms with Crippen molar-refractivity contribution >= 4 is 20.0 Å². The van der Waals surface area contributed by atoms with Gasteiger partial charge in [0.05, 0.1) is 23.2 Å². The molecule has 0 amide bonds. The third kappa shape index (κ3) is 3.67. The van der Waals surface area contributed by atoms with Gasteiger partial charge in [-0.15, -0.1) is 0 Å². The van der Waals surface area contributed by atoms with Crippen LogP contribution in [0.5, 0.6) is 5.75 Å².